The van der Waals surface area contributed by atoms with Crippen LogP contribution in [0.2, 0.25) is 0 Å². The van der Waals surface area contributed by atoms with E-state index in [1.807, 2.05) is 24.0 Å². The summed E-state index contributed by atoms with van der Waals surface area (Å²) < 4.78 is 0. The molecule has 0 unspecified atom stereocenters. The van der Waals surface area contributed by atoms with E-state index in [0.717, 1.165) is 31.6 Å². The van der Waals surface area contributed by atoms with Gasteiger partial charge in [0.2, 0.25) is 5.91 Å². The van der Waals surface area contributed by atoms with Crippen LogP contribution in [0, 0.1) is 6.92 Å². The van der Waals surface area contributed by atoms with Gasteiger partial charge in [-0.3, -0.25) is 14.5 Å². The predicted molar refractivity (Wildman–Crippen MR) is 75.1 cm³/mol. The number of aromatic nitrogens is 1. The Morgan fingerprint density at radius 1 is 1.40 bits per heavy atom. The molecule has 2 rings (SSSR count). The molecule has 0 atom stereocenters. The van der Waals surface area contributed by atoms with Gasteiger partial charge in [-0.15, -0.1) is 0 Å². The first-order valence-electron chi connectivity index (χ1n) is 6.80. The highest BCUT2D eigenvalue weighted by atomic mass is 16.2. The molecular weight excluding hydrogens is 256 g/mol. The molecular formula is C14H20N4O2. The minimum absolute atomic E-state index is 0.133. The van der Waals surface area contributed by atoms with Crippen LogP contribution in [0.1, 0.15) is 29.0 Å². The summed E-state index contributed by atoms with van der Waals surface area (Å²) in [5, 5.41) is 2.99. The van der Waals surface area contributed by atoms with Crippen LogP contribution in [-0.4, -0.2) is 47.4 Å². The number of carbonyl (C=O) groups is 2. The fraction of sp³-hybridized carbons (Fsp3) is 0.500. The van der Waals surface area contributed by atoms with Gasteiger partial charge in [-0.2, -0.15) is 0 Å². The fourth-order valence-corrected chi connectivity index (χ4v) is 2.38. The minimum Gasteiger partial charge on any atom is -0.369 e. The Bertz CT molecular complexity index is 496. The van der Waals surface area contributed by atoms with Crippen molar-refractivity contribution in [2.75, 3.05) is 19.6 Å². The first-order chi connectivity index (χ1) is 9.54. The topological polar surface area (TPSA) is 88.3 Å². The molecule has 1 aliphatic heterocycles. The van der Waals surface area contributed by atoms with E-state index in [9.17, 15) is 9.59 Å². The third kappa shape index (κ3) is 4.03. The normalized spacial score (nSPS) is 16.9. The van der Waals surface area contributed by atoms with Gasteiger partial charge in [-0.25, -0.2) is 4.98 Å². The SMILES string of the molecule is Cc1cccc(C(=O)NC2CCN(CC(N)=O)CC2)n1. The monoisotopic (exact) mass is 276 g/mol. The number of likely N-dealkylation sites (tertiary alicyclic amines) is 1. The van der Waals surface area contributed by atoms with E-state index in [4.69, 9.17) is 5.73 Å². The van der Waals surface area contributed by atoms with Crippen molar-refractivity contribution >= 4 is 11.8 Å². The van der Waals surface area contributed by atoms with E-state index < -0.39 is 0 Å². The van der Waals surface area contributed by atoms with Gasteiger partial charge in [0.25, 0.3) is 5.91 Å². The second kappa shape index (κ2) is 6.47. The number of nitrogens with zero attached hydrogens (tertiary/aromatic N) is 2. The van der Waals surface area contributed by atoms with Crippen molar-refractivity contribution in [1.82, 2.24) is 15.2 Å². The summed E-state index contributed by atoms with van der Waals surface area (Å²) in [7, 11) is 0. The molecule has 6 nitrogen and oxygen atoms in total. The number of aryl methyl sites for hydroxylation is 1. The summed E-state index contributed by atoms with van der Waals surface area (Å²) in [6.45, 7) is 3.70. The average Bonchev–Trinajstić information content (AvgIpc) is 2.40. The summed E-state index contributed by atoms with van der Waals surface area (Å²) in [6, 6.07) is 5.53. The number of rotatable bonds is 4. The van der Waals surface area contributed by atoms with Crippen LogP contribution in [0.25, 0.3) is 0 Å². The zero-order chi connectivity index (χ0) is 14.5. The molecule has 3 N–H and O–H groups in total. The third-order valence-electron chi connectivity index (χ3n) is 3.42. The molecule has 6 heteroatoms. The molecule has 0 aliphatic carbocycles. The van der Waals surface area contributed by atoms with Gasteiger partial charge >= 0.3 is 0 Å². The molecule has 1 fully saturated rings. The Morgan fingerprint density at radius 3 is 2.70 bits per heavy atom. The van der Waals surface area contributed by atoms with E-state index in [0.29, 0.717) is 12.2 Å². The van der Waals surface area contributed by atoms with Crippen molar-refractivity contribution in [3.05, 3.63) is 29.6 Å². The Kier molecular flexibility index (Phi) is 4.68. The molecule has 0 saturated carbocycles. The smallest absolute Gasteiger partial charge is 0.270 e. The first-order valence-corrected chi connectivity index (χ1v) is 6.80. The lowest BCUT2D eigenvalue weighted by Gasteiger charge is -2.31. The van der Waals surface area contributed by atoms with Gasteiger partial charge in [0.05, 0.1) is 6.54 Å². The van der Waals surface area contributed by atoms with Crippen molar-refractivity contribution in [3.63, 3.8) is 0 Å². The number of nitrogens with one attached hydrogen (secondary N) is 1. The lowest BCUT2D eigenvalue weighted by Crippen LogP contribution is -2.46. The van der Waals surface area contributed by atoms with E-state index in [-0.39, 0.29) is 17.9 Å². The van der Waals surface area contributed by atoms with Gasteiger partial charge in [-0.05, 0) is 31.9 Å². The second-order valence-electron chi connectivity index (χ2n) is 5.15. The molecule has 1 saturated heterocycles. The number of hydrogen-bond donors (Lipinski definition) is 2. The molecule has 1 aliphatic rings. The Hall–Kier alpha value is -1.95. The summed E-state index contributed by atoms with van der Waals surface area (Å²) in [5.41, 5.74) is 6.45. The first kappa shape index (κ1) is 14.5. The molecule has 0 spiro atoms. The van der Waals surface area contributed by atoms with Crippen LogP contribution in [0.3, 0.4) is 0 Å². The molecule has 1 aromatic rings. The quantitative estimate of drug-likeness (QED) is 0.814. The summed E-state index contributed by atoms with van der Waals surface area (Å²) in [6.07, 6.45) is 1.65. The van der Waals surface area contributed by atoms with Gasteiger partial charge in [0.15, 0.2) is 0 Å². The van der Waals surface area contributed by atoms with E-state index in [1.165, 1.54) is 0 Å². The summed E-state index contributed by atoms with van der Waals surface area (Å²) in [5.74, 6) is -0.446. The lowest BCUT2D eigenvalue weighted by molar-refractivity contribution is -0.119. The highest BCUT2D eigenvalue weighted by Gasteiger charge is 2.22. The van der Waals surface area contributed by atoms with Crippen LogP contribution in [-0.2, 0) is 4.79 Å². The molecule has 20 heavy (non-hydrogen) atoms. The molecule has 0 aromatic carbocycles. The second-order valence-corrected chi connectivity index (χ2v) is 5.15. The van der Waals surface area contributed by atoms with Gasteiger partial charge in [0.1, 0.15) is 5.69 Å². The molecule has 108 valence electrons. The van der Waals surface area contributed by atoms with Gasteiger partial charge in [0, 0.05) is 24.8 Å². The predicted octanol–water partition coefficient (Wildman–Crippen LogP) is 0.0695. The van der Waals surface area contributed by atoms with Crippen LogP contribution in [0.15, 0.2) is 18.2 Å². The summed E-state index contributed by atoms with van der Waals surface area (Å²) in [4.78, 5) is 29.1. The summed E-state index contributed by atoms with van der Waals surface area (Å²) >= 11 is 0. The molecule has 2 heterocycles. The van der Waals surface area contributed by atoms with Crippen LogP contribution in [0.5, 0.6) is 0 Å². The van der Waals surface area contributed by atoms with Crippen molar-refractivity contribution in [3.8, 4) is 0 Å². The van der Waals surface area contributed by atoms with Crippen molar-refractivity contribution in [2.24, 2.45) is 5.73 Å². The Labute approximate surface area is 118 Å². The third-order valence-corrected chi connectivity index (χ3v) is 3.42. The van der Waals surface area contributed by atoms with E-state index in [1.54, 1.807) is 6.07 Å². The number of pyridine rings is 1. The molecule has 2 amide bonds. The number of carbonyl (C=O) groups excluding carboxylic acids is 2. The van der Waals surface area contributed by atoms with Crippen molar-refractivity contribution in [1.29, 1.82) is 0 Å². The van der Waals surface area contributed by atoms with Crippen LogP contribution < -0.4 is 11.1 Å². The highest BCUT2D eigenvalue weighted by Crippen LogP contribution is 2.10. The Morgan fingerprint density at radius 2 is 2.10 bits per heavy atom. The molecule has 0 radical (unpaired) electrons. The highest BCUT2D eigenvalue weighted by molar-refractivity contribution is 5.92. The standard InChI is InChI=1S/C14H20N4O2/c1-10-3-2-4-12(16-10)14(20)17-11-5-7-18(8-6-11)9-13(15)19/h2-4,11H,5-9H2,1H3,(H2,15,19)(H,17,20). The van der Waals surface area contributed by atoms with E-state index >= 15 is 0 Å². The maximum Gasteiger partial charge on any atom is 0.270 e. The fourth-order valence-electron chi connectivity index (χ4n) is 2.38. The Balaban J connectivity index is 1.83. The van der Waals surface area contributed by atoms with Gasteiger partial charge in [-0.1, -0.05) is 6.07 Å². The number of hydrogen-bond acceptors (Lipinski definition) is 4. The average molecular weight is 276 g/mol. The van der Waals surface area contributed by atoms with Gasteiger partial charge < -0.3 is 11.1 Å². The number of nitrogens with two attached hydrogens (primary N) is 1. The zero-order valence-corrected chi connectivity index (χ0v) is 11.6. The number of primary amides is 1. The van der Waals surface area contributed by atoms with Crippen molar-refractivity contribution < 1.29 is 9.59 Å². The maximum atomic E-state index is 12.1. The maximum absolute atomic E-state index is 12.1. The molecule has 0 bridgehead atoms. The largest absolute Gasteiger partial charge is 0.369 e. The van der Waals surface area contributed by atoms with Crippen LogP contribution in [0.4, 0.5) is 0 Å². The van der Waals surface area contributed by atoms with Crippen molar-refractivity contribution in [2.45, 2.75) is 25.8 Å². The van der Waals surface area contributed by atoms with E-state index in [2.05, 4.69) is 10.3 Å². The van der Waals surface area contributed by atoms with Crippen LogP contribution >= 0.6 is 0 Å². The number of piperidine rings is 1. The zero-order valence-electron chi connectivity index (χ0n) is 11.6. The lowest BCUT2D eigenvalue weighted by atomic mass is 10.0. The number of amides is 2. The minimum atomic E-state index is -0.309. The molecule has 1 aromatic heterocycles.